The van der Waals surface area contributed by atoms with Crippen molar-refractivity contribution in [2.75, 3.05) is 13.2 Å². The van der Waals surface area contributed by atoms with Crippen LogP contribution in [0, 0.1) is 0 Å². The molecule has 8 heteroatoms. The summed E-state index contributed by atoms with van der Waals surface area (Å²) < 4.78 is 38.8. The summed E-state index contributed by atoms with van der Waals surface area (Å²) in [6.07, 6.45) is 0. The van der Waals surface area contributed by atoms with Crippen molar-refractivity contribution in [1.82, 2.24) is 4.72 Å². The molecule has 0 saturated carbocycles. The first-order valence-electron chi connectivity index (χ1n) is 7.24. The molecule has 0 radical (unpaired) electrons. The number of halogens is 2. The van der Waals surface area contributed by atoms with Crippen molar-refractivity contribution in [2.45, 2.75) is 17.9 Å². The van der Waals surface area contributed by atoms with E-state index in [1.807, 2.05) is 0 Å². The normalized spacial score (nSPS) is 15.1. The van der Waals surface area contributed by atoms with Gasteiger partial charge in [-0.15, -0.1) is 0 Å². The van der Waals surface area contributed by atoms with Gasteiger partial charge in [-0.05, 0) is 36.8 Å². The Morgan fingerprint density at radius 3 is 2.33 bits per heavy atom. The first kappa shape index (κ1) is 17.4. The largest absolute Gasteiger partial charge is 0.486 e. The topological polar surface area (TPSA) is 64.6 Å². The lowest BCUT2D eigenvalue weighted by Gasteiger charge is -2.21. The van der Waals surface area contributed by atoms with Crippen LogP contribution in [0.25, 0.3) is 0 Å². The van der Waals surface area contributed by atoms with Crippen molar-refractivity contribution in [3.63, 3.8) is 0 Å². The number of fused-ring (bicyclic) bond motifs is 1. The smallest absolute Gasteiger partial charge is 0.244 e. The summed E-state index contributed by atoms with van der Waals surface area (Å²) in [5, 5.41) is 0.147. The number of ether oxygens (including phenoxy) is 2. The summed E-state index contributed by atoms with van der Waals surface area (Å²) in [6, 6.07) is 9.36. The van der Waals surface area contributed by atoms with E-state index < -0.39 is 16.1 Å². The minimum atomic E-state index is -3.88. The van der Waals surface area contributed by atoms with Crippen LogP contribution in [0.15, 0.2) is 41.3 Å². The Bertz CT molecular complexity index is 850. The molecule has 24 heavy (non-hydrogen) atoms. The van der Waals surface area contributed by atoms with Gasteiger partial charge in [-0.1, -0.05) is 35.3 Å². The molecule has 3 rings (SSSR count). The van der Waals surface area contributed by atoms with Gasteiger partial charge in [0.25, 0.3) is 0 Å². The molecule has 1 unspecified atom stereocenters. The van der Waals surface area contributed by atoms with E-state index in [-0.39, 0.29) is 14.9 Å². The van der Waals surface area contributed by atoms with Gasteiger partial charge in [-0.25, -0.2) is 13.1 Å². The van der Waals surface area contributed by atoms with E-state index in [0.717, 1.165) is 5.56 Å². The molecule has 1 aliphatic rings. The minimum absolute atomic E-state index is 0.0735. The van der Waals surface area contributed by atoms with Gasteiger partial charge in [-0.2, -0.15) is 0 Å². The van der Waals surface area contributed by atoms with E-state index >= 15 is 0 Å². The Morgan fingerprint density at radius 1 is 1.04 bits per heavy atom. The molecule has 1 N–H and O–H groups in total. The molecule has 0 amide bonds. The molecular formula is C16H15Cl2NO4S. The number of hydrogen-bond acceptors (Lipinski definition) is 4. The van der Waals surface area contributed by atoms with Crippen molar-refractivity contribution in [2.24, 2.45) is 0 Å². The maximum absolute atomic E-state index is 12.6. The highest BCUT2D eigenvalue weighted by molar-refractivity contribution is 7.89. The van der Waals surface area contributed by atoms with Crippen molar-refractivity contribution < 1.29 is 17.9 Å². The third-order valence-electron chi connectivity index (χ3n) is 3.59. The SMILES string of the molecule is CC(NS(=O)(=O)c1c(Cl)cccc1Cl)c1ccc2c(c1)OCCO2. The molecule has 5 nitrogen and oxygen atoms in total. The predicted octanol–water partition coefficient (Wildman–Crippen LogP) is 3.80. The van der Waals surface area contributed by atoms with Crippen molar-refractivity contribution in [1.29, 1.82) is 0 Å². The number of benzene rings is 2. The summed E-state index contributed by atoms with van der Waals surface area (Å²) in [5.74, 6) is 1.25. The standard InChI is InChI=1S/C16H15Cl2NO4S/c1-10(11-5-6-14-15(9-11)23-8-7-22-14)19-24(20,21)16-12(17)3-2-4-13(16)18/h2-6,9-10,19H,7-8H2,1H3. The van der Waals surface area contributed by atoms with Crippen LogP contribution in [-0.2, 0) is 10.0 Å². The third-order valence-corrected chi connectivity index (χ3v) is 6.08. The van der Waals surface area contributed by atoms with Crippen LogP contribution in [0.4, 0.5) is 0 Å². The quantitative estimate of drug-likeness (QED) is 0.865. The Morgan fingerprint density at radius 2 is 1.67 bits per heavy atom. The van der Waals surface area contributed by atoms with Crippen LogP contribution in [0.5, 0.6) is 11.5 Å². The Hall–Kier alpha value is -1.47. The lowest BCUT2D eigenvalue weighted by molar-refractivity contribution is 0.171. The van der Waals surface area contributed by atoms with Crippen molar-refractivity contribution >= 4 is 33.2 Å². The lowest BCUT2D eigenvalue weighted by Crippen LogP contribution is -2.27. The van der Waals surface area contributed by atoms with Gasteiger partial charge >= 0.3 is 0 Å². The second kappa shape index (κ2) is 6.80. The van der Waals surface area contributed by atoms with Crippen LogP contribution in [0.2, 0.25) is 10.0 Å². The maximum atomic E-state index is 12.6. The number of sulfonamides is 1. The molecule has 1 atom stereocenters. The van der Waals surface area contributed by atoms with E-state index in [9.17, 15) is 8.42 Å². The van der Waals surface area contributed by atoms with Gasteiger partial charge in [0.05, 0.1) is 10.0 Å². The summed E-state index contributed by atoms with van der Waals surface area (Å²) >= 11 is 12.0. The van der Waals surface area contributed by atoms with Gasteiger partial charge in [0.2, 0.25) is 10.0 Å². The summed E-state index contributed by atoms with van der Waals surface area (Å²) in [7, 11) is -3.88. The van der Waals surface area contributed by atoms with Crippen LogP contribution in [-0.4, -0.2) is 21.6 Å². The van der Waals surface area contributed by atoms with Crippen LogP contribution < -0.4 is 14.2 Å². The van der Waals surface area contributed by atoms with Gasteiger partial charge in [0.15, 0.2) is 11.5 Å². The number of nitrogens with one attached hydrogen (secondary N) is 1. The fourth-order valence-corrected chi connectivity index (χ4v) is 4.80. The molecule has 128 valence electrons. The van der Waals surface area contributed by atoms with Gasteiger partial charge in [-0.3, -0.25) is 0 Å². The summed E-state index contributed by atoms with van der Waals surface area (Å²) in [5.41, 5.74) is 0.742. The zero-order valence-corrected chi connectivity index (χ0v) is 15.1. The Balaban J connectivity index is 1.87. The highest BCUT2D eigenvalue weighted by Gasteiger charge is 2.24. The van der Waals surface area contributed by atoms with E-state index in [0.29, 0.717) is 24.7 Å². The van der Waals surface area contributed by atoms with Crippen LogP contribution >= 0.6 is 23.2 Å². The molecular weight excluding hydrogens is 373 g/mol. The minimum Gasteiger partial charge on any atom is -0.486 e. The molecule has 1 heterocycles. The van der Waals surface area contributed by atoms with Gasteiger partial charge < -0.3 is 9.47 Å². The van der Waals surface area contributed by atoms with E-state index in [1.165, 1.54) is 12.1 Å². The van der Waals surface area contributed by atoms with Crippen LogP contribution in [0.3, 0.4) is 0 Å². The van der Waals surface area contributed by atoms with Crippen molar-refractivity contribution in [3.05, 3.63) is 52.0 Å². The average Bonchev–Trinajstić information content (AvgIpc) is 2.53. The average molecular weight is 388 g/mol. The predicted molar refractivity (Wildman–Crippen MR) is 92.6 cm³/mol. The molecule has 0 aliphatic carbocycles. The first-order valence-corrected chi connectivity index (χ1v) is 9.48. The maximum Gasteiger partial charge on any atom is 0.244 e. The third kappa shape index (κ3) is 3.47. The molecule has 0 aromatic heterocycles. The molecule has 1 aliphatic heterocycles. The fraction of sp³-hybridized carbons (Fsp3) is 0.250. The van der Waals surface area contributed by atoms with Crippen LogP contribution in [0.1, 0.15) is 18.5 Å². The zero-order chi connectivity index (χ0) is 17.3. The molecule has 2 aromatic carbocycles. The molecule has 0 spiro atoms. The fourth-order valence-electron chi connectivity index (χ4n) is 2.43. The second-order valence-electron chi connectivity index (χ2n) is 5.30. The number of hydrogen-bond donors (Lipinski definition) is 1. The van der Waals surface area contributed by atoms with Crippen molar-refractivity contribution in [3.8, 4) is 11.5 Å². The monoisotopic (exact) mass is 387 g/mol. The zero-order valence-electron chi connectivity index (χ0n) is 12.8. The highest BCUT2D eigenvalue weighted by atomic mass is 35.5. The lowest BCUT2D eigenvalue weighted by atomic mass is 10.1. The Labute approximate surface area is 150 Å². The molecule has 2 aromatic rings. The number of rotatable bonds is 4. The highest BCUT2D eigenvalue weighted by Crippen LogP contribution is 2.34. The van der Waals surface area contributed by atoms with E-state index in [1.54, 1.807) is 31.2 Å². The molecule has 0 fully saturated rings. The molecule has 0 saturated heterocycles. The summed E-state index contributed by atoms with van der Waals surface area (Å²) in [6.45, 7) is 2.69. The van der Waals surface area contributed by atoms with Gasteiger partial charge in [0.1, 0.15) is 18.1 Å². The Kier molecular flexibility index (Phi) is 4.92. The second-order valence-corrected chi connectivity index (χ2v) is 7.76. The molecule has 0 bridgehead atoms. The van der Waals surface area contributed by atoms with E-state index in [4.69, 9.17) is 32.7 Å². The first-order chi connectivity index (χ1) is 11.4. The van der Waals surface area contributed by atoms with E-state index in [2.05, 4.69) is 4.72 Å². The van der Waals surface area contributed by atoms with Gasteiger partial charge in [0, 0.05) is 6.04 Å². The summed E-state index contributed by atoms with van der Waals surface area (Å²) in [4.78, 5) is -0.127.